The molecule has 5 rings (SSSR count). The number of carbonyl (C=O) groups excluding carboxylic acids is 1. The average molecular weight is 586 g/mol. The molecule has 0 aliphatic heterocycles. The molecule has 0 bridgehead atoms. The molecule has 2 heterocycles. The van der Waals surface area contributed by atoms with Crippen LogP contribution in [0.25, 0.3) is 34.2 Å². The highest BCUT2D eigenvalue weighted by molar-refractivity contribution is 9.10. The van der Waals surface area contributed by atoms with Crippen LogP contribution in [0.4, 0.5) is 0 Å². The third-order valence-corrected chi connectivity index (χ3v) is 6.61. The molecule has 3 aromatic carbocycles. The molecule has 9 heteroatoms. The van der Waals surface area contributed by atoms with E-state index in [2.05, 4.69) is 31.4 Å². The lowest BCUT2D eigenvalue weighted by molar-refractivity contribution is -0.139. The monoisotopic (exact) mass is 585 g/mol. The number of benzene rings is 3. The van der Waals surface area contributed by atoms with Gasteiger partial charge in [0.15, 0.2) is 5.76 Å². The molecule has 5 aromatic rings. The molecule has 8 nitrogen and oxygen atoms in total. The molecule has 0 radical (unpaired) electrons. The van der Waals surface area contributed by atoms with Crippen LogP contribution in [0.15, 0.2) is 92.3 Å². The number of rotatable bonds is 8. The highest BCUT2D eigenvalue weighted by Gasteiger charge is 2.24. The van der Waals surface area contributed by atoms with Crippen LogP contribution in [0.2, 0.25) is 0 Å². The molecule has 0 fully saturated rings. The lowest BCUT2D eigenvalue weighted by Crippen LogP contribution is -2.42. The number of carbonyl (C=O) groups is 2. The van der Waals surface area contributed by atoms with Gasteiger partial charge >= 0.3 is 5.97 Å². The lowest BCUT2D eigenvalue weighted by Gasteiger charge is -2.14. The van der Waals surface area contributed by atoms with Crippen LogP contribution >= 0.6 is 15.9 Å². The zero-order chi connectivity index (χ0) is 27.5. The van der Waals surface area contributed by atoms with Crippen LogP contribution in [0.5, 0.6) is 0 Å². The molecule has 1 amide bonds. The van der Waals surface area contributed by atoms with E-state index in [0.29, 0.717) is 33.1 Å². The molecular formula is C30H24BrN3O5. The van der Waals surface area contributed by atoms with Crippen molar-refractivity contribution in [3.8, 4) is 34.2 Å². The van der Waals surface area contributed by atoms with E-state index < -0.39 is 17.9 Å². The number of carboxylic acids is 1. The Hall–Kier alpha value is -4.50. The zero-order valence-electron chi connectivity index (χ0n) is 21.1. The fourth-order valence-corrected chi connectivity index (χ4v) is 4.59. The van der Waals surface area contributed by atoms with E-state index in [1.165, 1.54) is 6.07 Å². The highest BCUT2D eigenvalue weighted by Crippen LogP contribution is 2.27. The zero-order valence-corrected chi connectivity index (χ0v) is 22.7. The average Bonchev–Trinajstić information content (AvgIpc) is 3.60. The predicted molar refractivity (Wildman–Crippen MR) is 149 cm³/mol. The number of nitrogens with one attached hydrogen (secondary N) is 1. The van der Waals surface area contributed by atoms with Gasteiger partial charge in [0.25, 0.3) is 11.8 Å². The van der Waals surface area contributed by atoms with E-state index in [4.69, 9.17) is 8.94 Å². The minimum absolute atomic E-state index is 0.0295. The van der Waals surface area contributed by atoms with Gasteiger partial charge in [-0.05, 0) is 61.9 Å². The van der Waals surface area contributed by atoms with Gasteiger partial charge in [0.2, 0.25) is 5.82 Å². The number of nitrogens with zero attached hydrogens (tertiary/aromatic N) is 2. The first-order valence-electron chi connectivity index (χ1n) is 12.2. The van der Waals surface area contributed by atoms with Crippen molar-refractivity contribution in [1.82, 2.24) is 15.5 Å². The second kappa shape index (κ2) is 11.1. The SMILES string of the molecule is Cc1ccc(-c2ccc(C(=O)NC(Cc3cc(Br)cc(-c4noc(-c5ccc(C)cc5)n4)c3)C(=O)O)o2)cc1. The van der Waals surface area contributed by atoms with Gasteiger partial charge in [0, 0.05) is 27.6 Å². The van der Waals surface area contributed by atoms with Crippen LogP contribution in [0, 0.1) is 13.8 Å². The van der Waals surface area contributed by atoms with Gasteiger partial charge in [-0.25, -0.2) is 4.79 Å². The quantitative estimate of drug-likeness (QED) is 0.214. The lowest BCUT2D eigenvalue weighted by atomic mass is 10.0. The van der Waals surface area contributed by atoms with Crippen molar-refractivity contribution < 1.29 is 23.6 Å². The molecule has 0 spiro atoms. The minimum atomic E-state index is -1.19. The Balaban J connectivity index is 1.32. The first kappa shape index (κ1) is 26.1. The Morgan fingerprint density at radius 3 is 2.23 bits per heavy atom. The maximum Gasteiger partial charge on any atom is 0.326 e. The Kier molecular flexibility index (Phi) is 7.42. The van der Waals surface area contributed by atoms with E-state index in [0.717, 1.165) is 22.3 Å². The number of aliphatic carboxylic acids is 1. The van der Waals surface area contributed by atoms with Gasteiger partial charge in [-0.15, -0.1) is 0 Å². The van der Waals surface area contributed by atoms with E-state index in [9.17, 15) is 14.7 Å². The van der Waals surface area contributed by atoms with Crippen LogP contribution in [-0.4, -0.2) is 33.2 Å². The summed E-state index contributed by atoms with van der Waals surface area (Å²) >= 11 is 3.48. The maximum absolute atomic E-state index is 12.9. The molecule has 196 valence electrons. The largest absolute Gasteiger partial charge is 0.480 e. The molecule has 0 aliphatic carbocycles. The predicted octanol–water partition coefficient (Wildman–Crippen LogP) is 6.47. The van der Waals surface area contributed by atoms with Crippen molar-refractivity contribution in [1.29, 1.82) is 0 Å². The first-order valence-corrected chi connectivity index (χ1v) is 13.0. The molecule has 0 saturated carbocycles. The number of furan rings is 1. The number of halogens is 1. The Morgan fingerprint density at radius 2 is 1.56 bits per heavy atom. The van der Waals surface area contributed by atoms with Crippen LogP contribution < -0.4 is 5.32 Å². The molecular weight excluding hydrogens is 562 g/mol. The molecule has 39 heavy (non-hydrogen) atoms. The molecule has 0 saturated heterocycles. The Morgan fingerprint density at radius 1 is 0.897 bits per heavy atom. The van der Waals surface area contributed by atoms with Crippen molar-refractivity contribution in [3.05, 3.63) is 106 Å². The van der Waals surface area contributed by atoms with Crippen molar-refractivity contribution in [2.45, 2.75) is 26.3 Å². The highest BCUT2D eigenvalue weighted by atomic mass is 79.9. The number of hydrogen-bond acceptors (Lipinski definition) is 6. The molecule has 1 unspecified atom stereocenters. The standard InChI is InChI=1S/C30H24BrN3O5/c1-17-3-7-20(8-4-17)25-11-12-26(38-25)28(35)32-24(30(36)37)15-19-13-22(16-23(31)14-19)27-33-29(39-34-27)21-9-5-18(2)6-10-21/h3-14,16,24H,15H2,1-2H3,(H,32,35)(H,36,37). The third-order valence-electron chi connectivity index (χ3n) is 6.15. The number of aromatic nitrogens is 2. The van der Waals surface area contributed by atoms with Crippen molar-refractivity contribution in [3.63, 3.8) is 0 Å². The smallest absolute Gasteiger partial charge is 0.326 e. The van der Waals surface area contributed by atoms with Gasteiger partial charge in [-0.1, -0.05) is 68.6 Å². The van der Waals surface area contributed by atoms with Gasteiger partial charge in [0.05, 0.1) is 0 Å². The van der Waals surface area contributed by atoms with Gasteiger partial charge < -0.3 is 19.4 Å². The number of carboxylic acid groups (broad SMARTS) is 1. The number of aryl methyl sites for hydroxylation is 2. The summed E-state index contributed by atoms with van der Waals surface area (Å²) in [5, 5.41) is 16.5. The van der Waals surface area contributed by atoms with E-state index in [1.54, 1.807) is 18.2 Å². The third kappa shape index (κ3) is 6.15. The summed E-state index contributed by atoms with van der Waals surface area (Å²) in [5.41, 5.74) is 5.15. The topological polar surface area (TPSA) is 118 Å². The Bertz CT molecular complexity index is 1640. The normalized spacial score (nSPS) is 11.8. The summed E-state index contributed by atoms with van der Waals surface area (Å²) in [6.07, 6.45) is 0.0295. The molecule has 2 aromatic heterocycles. The van der Waals surface area contributed by atoms with E-state index >= 15 is 0 Å². The van der Waals surface area contributed by atoms with Crippen molar-refractivity contribution in [2.75, 3.05) is 0 Å². The van der Waals surface area contributed by atoms with Gasteiger partial charge in [-0.2, -0.15) is 4.98 Å². The van der Waals surface area contributed by atoms with Gasteiger partial charge in [0.1, 0.15) is 11.8 Å². The summed E-state index contributed by atoms with van der Waals surface area (Å²) in [4.78, 5) is 29.4. The van der Waals surface area contributed by atoms with E-state index in [-0.39, 0.29) is 12.2 Å². The Labute approximate surface area is 232 Å². The van der Waals surface area contributed by atoms with Crippen LogP contribution in [0.3, 0.4) is 0 Å². The molecule has 2 N–H and O–H groups in total. The maximum atomic E-state index is 12.9. The fraction of sp³-hybridized carbons (Fsp3) is 0.133. The van der Waals surface area contributed by atoms with E-state index in [1.807, 2.05) is 68.4 Å². The first-order chi connectivity index (χ1) is 18.7. The molecule has 0 aliphatic rings. The summed E-state index contributed by atoms with van der Waals surface area (Å²) in [6.45, 7) is 3.98. The summed E-state index contributed by atoms with van der Waals surface area (Å²) in [7, 11) is 0. The van der Waals surface area contributed by atoms with Crippen molar-refractivity contribution in [2.24, 2.45) is 0 Å². The van der Waals surface area contributed by atoms with Gasteiger partial charge in [-0.3, -0.25) is 4.79 Å². The summed E-state index contributed by atoms with van der Waals surface area (Å²) < 4.78 is 11.9. The van der Waals surface area contributed by atoms with Crippen molar-refractivity contribution >= 4 is 27.8 Å². The summed E-state index contributed by atoms with van der Waals surface area (Å²) in [5.74, 6) is -0.488. The van der Waals surface area contributed by atoms with Crippen LogP contribution in [-0.2, 0) is 11.2 Å². The second-order valence-electron chi connectivity index (χ2n) is 9.24. The fourth-order valence-electron chi connectivity index (χ4n) is 4.05. The number of hydrogen-bond donors (Lipinski definition) is 2. The second-order valence-corrected chi connectivity index (χ2v) is 10.2. The molecule has 1 atom stereocenters. The number of amides is 1. The van der Waals surface area contributed by atoms with Crippen LogP contribution in [0.1, 0.15) is 27.2 Å². The summed E-state index contributed by atoms with van der Waals surface area (Å²) in [6, 6.07) is 22.8. The minimum Gasteiger partial charge on any atom is -0.480 e.